The van der Waals surface area contributed by atoms with E-state index in [-0.39, 0.29) is 0 Å². The highest BCUT2D eigenvalue weighted by atomic mass is 32.1. The van der Waals surface area contributed by atoms with E-state index >= 15 is 0 Å². The fourth-order valence-electron chi connectivity index (χ4n) is 2.54. The van der Waals surface area contributed by atoms with Crippen molar-refractivity contribution in [3.05, 3.63) is 60.4 Å². The Morgan fingerprint density at radius 3 is 2.73 bits per heavy atom. The molecule has 0 radical (unpaired) electrons. The van der Waals surface area contributed by atoms with Crippen molar-refractivity contribution in [1.29, 1.82) is 0 Å². The maximum atomic E-state index is 6.13. The highest BCUT2D eigenvalue weighted by Crippen LogP contribution is 2.36. The van der Waals surface area contributed by atoms with Crippen molar-refractivity contribution < 1.29 is 4.74 Å². The molecule has 0 aliphatic heterocycles. The van der Waals surface area contributed by atoms with Gasteiger partial charge in [-0.1, -0.05) is 11.3 Å². The van der Waals surface area contributed by atoms with Crippen molar-refractivity contribution in [2.75, 3.05) is 5.32 Å². The van der Waals surface area contributed by atoms with Gasteiger partial charge in [-0.25, -0.2) is 15.0 Å². The molecule has 8 heteroatoms. The fraction of sp³-hybridized carbons (Fsp3) is 0. The van der Waals surface area contributed by atoms with Crippen molar-refractivity contribution in [3.8, 4) is 11.5 Å². The lowest BCUT2D eigenvalue weighted by Crippen LogP contribution is -1.96. The molecule has 0 atom stereocenters. The van der Waals surface area contributed by atoms with Crippen LogP contribution in [0.15, 0.2) is 60.4 Å². The number of thiazole rings is 1. The quantitative estimate of drug-likeness (QED) is 0.462. The average molecular weight is 377 g/mol. The number of nitrogens with zero attached hydrogens (tertiary/aromatic N) is 4. The average Bonchev–Trinajstić information content (AvgIpc) is 3.30. The first-order valence-electron chi connectivity index (χ1n) is 7.80. The molecule has 0 bridgehead atoms. The minimum Gasteiger partial charge on any atom is -0.452 e. The van der Waals surface area contributed by atoms with Gasteiger partial charge in [0, 0.05) is 24.7 Å². The van der Waals surface area contributed by atoms with E-state index in [2.05, 4.69) is 25.3 Å². The summed E-state index contributed by atoms with van der Waals surface area (Å²) in [6.07, 6.45) is 5.22. The van der Waals surface area contributed by atoms with Gasteiger partial charge in [0.25, 0.3) is 0 Å². The van der Waals surface area contributed by atoms with E-state index in [0.29, 0.717) is 11.6 Å². The molecule has 5 aromatic heterocycles. The summed E-state index contributed by atoms with van der Waals surface area (Å²) in [6.45, 7) is 0. The van der Waals surface area contributed by atoms with Crippen LogP contribution in [0.5, 0.6) is 11.5 Å². The Bertz CT molecular complexity index is 1180. The Morgan fingerprint density at radius 1 is 0.846 bits per heavy atom. The summed E-state index contributed by atoms with van der Waals surface area (Å²) in [7, 11) is 0. The number of pyridine rings is 3. The summed E-state index contributed by atoms with van der Waals surface area (Å²) in [6, 6.07) is 11.4. The topological polar surface area (TPSA) is 72.8 Å². The summed E-state index contributed by atoms with van der Waals surface area (Å²) in [5.41, 5.74) is 1.77. The molecule has 0 aliphatic rings. The molecule has 0 unspecified atom stereocenters. The fourth-order valence-corrected chi connectivity index (χ4v) is 4.15. The molecule has 1 N–H and O–H groups in total. The van der Waals surface area contributed by atoms with Gasteiger partial charge >= 0.3 is 0 Å². The van der Waals surface area contributed by atoms with Crippen LogP contribution in [0, 0.1) is 0 Å². The SMILES string of the molecule is c1cnc(Nc2nc3cccnc3s2)c(Oc2ccnc3ccsc23)c1. The van der Waals surface area contributed by atoms with Crippen molar-refractivity contribution in [3.63, 3.8) is 0 Å². The monoisotopic (exact) mass is 377 g/mol. The van der Waals surface area contributed by atoms with Gasteiger partial charge in [-0.3, -0.25) is 4.98 Å². The number of fused-ring (bicyclic) bond motifs is 2. The van der Waals surface area contributed by atoms with Gasteiger partial charge in [-0.05, 0) is 35.7 Å². The normalized spacial score (nSPS) is 11.1. The molecular formula is C18H11N5OS2. The number of thiophene rings is 1. The Morgan fingerprint density at radius 2 is 1.77 bits per heavy atom. The molecule has 0 saturated carbocycles. The second-order valence-corrected chi connectivity index (χ2v) is 7.26. The van der Waals surface area contributed by atoms with Crippen LogP contribution < -0.4 is 10.1 Å². The Kier molecular flexibility index (Phi) is 3.69. The lowest BCUT2D eigenvalue weighted by Gasteiger charge is -2.10. The Balaban J connectivity index is 1.50. The zero-order valence-electron chi connectivity index (χ0n) is 13.3. The van der Waals surface area contributed by atoms with Crippen LogP contribution in [0.25, 0.3) is 20.6 Å². The van der Waals surface area contributed by atoms with E-state index < -0.39 is 0 Å². The minimum absolute atomic E-state index is 0.605. The summed E-state index contributed by atoms with van der Waals surface area (Å²) in [5, 5.41) is 5.96. The summed E-state index contributed by atoms with van der Waals surface area (Å²) < 4.78 is 7.14. The third-order valence-electron chi connectivity index (χ3n) is 3.69. The molecule has 0 amide bonds. The third kappa shape index (κ3) is 2.75. The van der Waals surface area contributed by atoms with E-state index in [1.807, 2.05) is 41.8 Å². The predicted octanol–water partition coefficient (Wildman–Crippen LogP) is 5.23. The smallest absolute Gasteiger partial charge is 0.191 e. The number of aromatic nitrogens is 4. The zero-order chi connectivity index (χ0) is 17.3. The molecule has 5 rings (SSSR count). The van der Waals surface area contributed by atoms with Crippen molar-refractivity contribution in [2.45, 2.75) is 0 Å². The highest BCUT2D eigenvalue weighted by Gasteiger charge is 2.12. The number of rotatable bonds is 4. The van der Waals surface area contributed by atoms with Crippen molar-refractivity contribution in [1.82, 2.24) is 19.9 Å². The van der Waals surface area contributed by atoms with Gasteiger partial charge in [-0.2, -0.15) is 0 Å². The molecule has 6 nitrogen and oxygen atoms in total. The third-order valence-corrected chi connectivity index (χ3v) is 5.50. The van der Waals surface area contributed by atoms with Crippen molar-refractivity contribution in [2.24, 2.45) is 0 Å². The maximum Gasteiger partial charge on any atom is 0.191 e. The van der Waals surface area contributed by atoms with Crippen LogP contribution >= 0.6 is 22.7 Å². The van der Waals surface area contributed by atoms with Gasteiger partial charge in [-0.15, -0.1) is 11.3 Å². The van der Waals surface area contributed by atoms with Gasteiger partial charge in [0.15, 0.2) is 16.7 Å². The molecule has 0 spiro atoms. The van der Waals surface area contributed by atoms with Crippen LogP contribution in [0.4, 0.5) is 10.9 Å². The summed E-state index contributed by atoms with van der Waals surface area (Å²) in [4.78, 5) is 18.5. The lowest BCUT2D eigenvalue weighted by molar-refractivity contribution is 0.489. The number of anilines is 2. The van der Waals surface area contributed by atoms with Crippen molar-refractivity contribution >= 4 is 54.2 Å². The zero-order valence-corrected chi connectivity index (χ0v) is 14.9. The molecular weight excluding hydrogens is 366 g/mol. The summed E-state index contributed by atoms with van der Waals surface area (Å²) in [5.74, 6) is 1.99. The molecule has 0 fully saturated rings. The van der Waals surface area contributed by atoms with Gasteiger partial charge in [0.05, 0.1) is 10.2 Å². The van der Waals surface area contributed by atoms with Crippen LogP contribution in [-0.4, -0.2) is 19.9 Å². The second kappa shape index (κ2) is 6.32. The minimum atomic E-state index is 0.605. The molecule has 0 saturated heterocycles. The van der Waals surface area contributed by atoms with E-state index in [4.69, 9.17) is 4.74 Å². The van der Waals surface area contributed by atoms with Crippen LogP contribution in [0.1, 0.15) is 0 Å². The lowest BCUT2D eigenvalue weighted by atomic mass is 10.3. The standard InChI is InChI=1S/C18H11N5OS2/c1-3-12-17(21-8-1)26-18(22-12)23-16-14(4-2-7-20-16)24-13-5-9-19-11-6-10-25-15(11)13/h1-10H,(H,20,22,23). The number of ether oxygens (including phenoxy) is 1. The van der Waals surface area contributed by atoms with Crippen LogP contribution in [0.3, 0.4) is 0 Å². The molecule has 5 heterocycles. The van der Waals surface area contributed by atoms with E-state index in [1.54, 1.807) is 29.9 Å². The maximum absolute atomic E-state index is 6.13. The highest BCUT2D eigenvalue weighted by molar-refractivity contribution is 7.21. The number of nitrogens with one attached hydrogen (secondary N) is 1. The van der Waals surface area contributed by atoms with Gasteiger partial charge in [0.2, 0.25) is 0 Å². The second-order valence-electron chi connectivity index (χ2n) is 5.37. The molecule has 0 aliphatic carbocycles. The predicted molar refractivity (Wildman–Crippen MR) is 105 cm³/mol. The number of hydrogen-bond acceptors (Lipinski definition) is 8. The molecule has 0 aromatic carbocycles. The molecule has 126 valence electrons. The summed E-state index contributed by atoms with van der Waals surface area (Å²) >= 11 is 3.07. The molecule has 5 aromatic rings. The molecule has 26 heavy (non-hydrogen) atoms. The van der Waals surface area contributed by atoms with Gasteiger partial charge < -0.3 is 10.1 Å². The Labute approximate surface area is 156 Å². The van der Waals surface area contributed by atoms with E-state index in [0.717, 1.165) is 31.4 Å². The first kappa shape index (κ1) is 15.2. The van der Waals surface area contributed by atoms with Crippen LogP contribution in [0.2, 0.25) is 0 Å². The van der Waals surface area contributed by atoms with E-state index in [1.165, 1.54) is 11.3 Å². The van der Waals surface area contributed by atoms with Crippen LogP contribution in [-0.2, 0) is 0 Å². The van der Waals surface area contributed by atoms with Gasteiger partial charge in [0.1, 0.15) is 16.1 Å². The first-order valence-corrected chi connectivity index (χ1v) is 9.50. The number of hydrogen-bond donors (Lipinski definition) is 1. The Hall–Kier alpha value is -3.10. The van der Waals surface area contributed by atoms with E-state index in [9.17, 15) is 0 Å². The largest absolute Gasteiger partial charge is 0.452 e. The first-order chi connectivity index (χ1) is 12.9.